The smallest absolute Gasteiger partial charge is 0.253 e. The number of benzene rings is 2. The Labute approximate surface area is 147 Å². The van der Waals surface area contributed by atoms with E-state index < -0.39 is 0 Å². The lowest BCUT2D eigenvalue weighted by Crippen LogP contribution is -2.26. The Morgan fingerprint density at radius 1 is 1.12 bits per heavy atom. The highest BCUT2D eigenvalue weighted by Crippen LogP contribution is 2.24. The summed E-state index contributed by atoms with van der Waals surface area (Å²) in [5.74, 6) is 1.49. The number of aromatic amines is 1. The number of hydrogen-bond acceptors (Lipinski definition) is 3. The van der Waals surface area contributed by atoms with Gasteiger partial charge in [-0.1, -0.05) is 18.2 Å². The van der Waals surface area contributed by atoms with Gasteiger partial charge in [0.1, 0.15) is 11.5 Å². The van der Waals surface area contributed by atoms with Gasteiger partial charge in [0.05, 0.1) is 19.8 Å². The van der Waals surface area contributed by atoms with Crippen LogP contribution in [0.1, 0.15) is 21.6 Å². The van der Waals surface area contributed by atoms with Gasteiger partial charge in [0.2, 0.25) is 0 Å². The van der Waals surface area contributed by atoms with Gasteiger partial charge in [0, 0.05) is 23.1 Å². The van der Waals surface area contributed by atoms with Crippen molar-refractivity contribution in [3.63, 3.8) is 0 Å². The Kier molecular flexibility index (Phi) is 4.93. The summed E-state index contributed by atoms with van der Waals surface area (Å²) >= 11 is 0. The minimum Gasteiger partial charge on any atom is -0.497 e. The van der Waals surface area contributed by atoms with E-state index in [0.717, 1.165) is 33.7 Å². The second-order valence-electron chi connectivity index (χ2n) is 5.85. The first kappa shape index (κ1) is 16.9. The first-order valence-electron chi connectivity index (χ1n) is 8.20. The van der Waals surface area contributed by atoms with Crippen molar-refractivity contribution in [2.24, 2.45) is 0 Å². The van der Waals surface area contributed by atoms with Crippen LogP contribution in [-0.4, -0.2) is 31.7 Å². The van der Waals surface area contributed by atoms with E-state index in [-0.39, 0.29) is 5.91 Å². The average molecular weight is 338 g/mol. The third kappa shape index (κ3) is 3.45. The van der Waals surface area contributed by atoms with Crippen molar-refractivity contribution < 1.29 is 14.3 Å². The number of nitrogens with one attached hydrogen (secondary N) is 2. The SMILES string of the molecule is COc1ccc(OC)c(CCNC(=O)c2c(C)[nH]c3ccccc23)c1. The van der Waals surface area contributed by atoms with E-state index in [4.69, 9.17) is 9.47 Å². The van der Waals surface area contributed by atoms with E-state index in [0.29, 0.717) is 18.5 Å². The van der Waals surface area contributed by atoms with Gasteiger partial charge in [-0.15, -0.1) is 0 Å². The van der Waals surface area contributed by atoms with Gasteiger partial charge in [-0.25, -0.2) is 0 Å². The van der Waals surface area contributed by atoms with E-state index in [9.17, 15) is 4.79 Å². The monoisotopic (exact) mass is 338 g/mol. The number of hydrogen-bond donors (Lipinski definition) is 2. The molecule has 0 aliphatic heterocycles. The molecule has 0 aliphatic rings. The summed E-state index contributed by atoms with van der Waals surface area (Å²) in [7, 11) is 3.27. The largest absolute Gasteiger partial charge is 0.497 e. The van der Waals surface area contributed by atoms with Crippen molar-refractivity contribution in [3.8, 4) is 11.5 Å². The molecule has 1 heterocycles. The number of aryl methyl sites for hydroxylation is 1. The average Bonchev–Trinajstić information content (AvgIpc) is 2.97. The van der Waals surface area contributed by atoms with Crippen LogP contribution in [0.3, 0.4) is 0 Å². The molecule has 3 aromatic rings. The highest BCUT2D eigenvalue weighted by molar-refractivity contribution is 6.08. The second-order valence-corrected chi connectivity index (χ2v) is 5.85. The van der Waals surface area contributed by atoms with E-state index in [1.165, 1.54) is 0 Å². The topological polar surface area (TPSA) is 63.4 Å². The normalized spacial score (nSPS) is 10.7. The highest BCUT2D eigenvalue weighted by atomic mass is 16.5. The Balaban J connectivity index is 1.72. The maximum absolute atomic E-state index is 12.6. The summed E-state index contributed by atoms with van der Waals surface area (Å²) < 4.78 is 10.6. The molecule has 0 atom stereocenters. The van der Waals surface area contributed by atoms with Crippen LogP contribution >= 0.6 is 0 Å². The summed E-state index contributed by atoms with van der Waals surface area (Å²) in [6, 6.07) is 13.5. The number of rotatable bonds is 6. The Bertz CT molecular complexity index is 899. The van der Waals surface area contributed by atoms with Crippen molar-refractivity contribution in [2.45, 2.75) is 13.3 Å². The Hall–Kier alpha value is -2.95. The van der Waals surface area contributed by atoms with Gasteiger partial charge < -0.3 is 19.8 Å². The van der Waals surface area contributed by atoms with Crippen LogP contribution in [0.4, 0.5) is 0 Å². The molecule has 0 saturated carbocycles. The lowest BCUT2D eigenvalue weighted by molar-refractivity contribution is 0.0955. The van der Waals surface area contributed by atoms with Crippen LogP contribution in [0.5, 0.6) is 11.5 Å². The number of para-hydroxylation sites is 1. The first-order valence-corrected chi connectivity index (χ1v) is 8.20. The highest BCUT2D eigenvalue weighted by Gasteiger charge is 2.15. The number of methoxy groups -OCH3 is 2. The van der Waals surface area contributed by atoms with Gasteiger partial charge in [-0.3, -0.25) is 4.79 Å². The van der Waals surface area contributed by atoms with Crippen LogP contribution < -0.4 is 14.8 Å². The van der Waals surface area contributed by atoms with Crippen LogP contribution in [0.2, 0.25) is 0 Å². The number of amides is 1. The fourth-order valence-corrected chi connectivity index (χ4v) is 3.05. The summed E-state index contributed by atoms with van der Waals surface area (Å²) in [6.45, 7) is 2.43. The van der Waals surface area contributed by atoms with E-state index in [1.54, 1.807) is 14.2 Å². The van der Waals surface area contributed by atoms with E-state index in [1.807, 2.05) is 49.4 Å². The molecule has 0 radical (unpaired) electrons. The van der Waals surface area contributed by atoms with E-state index >= 15 is 0 Å². The molecular formula is C20H22N2O3. The zero-order valence-corrected chi connectivity index (χ0v) is 14.7. The third-order valence-corrected chi connectivity index (χ3v) is 4.29. The Morgan fingerprint density at radius 2 is 1.92 bits per heavy atom. The molecule has 1 amide bonds. The number of carbonyl (C=O) groups excluding carboxylic acids is 1. The van der Waals surface area contributed by atoms with Crippen LogP contribution in [0.15, 0.2) is 42.5 Å². The summed E-state index contributed by atoms with van der Waals surface area (Å²) in [6.07, 6.45) is 0.660. The van der Waals surface area contributed by atoms with Gasteiger partial charge in [0.25, 0.3) is 5.91 Å². The number of fused-ring (bicyclic) bond motifs is 1. The maximum Gasteiger partial charge on any atom is 0.253 e. The molecule has 2 N–H and O–H groups in total. The fourth-order valence-electron chi connectivity index (χ4n) is 3.05. The lowest BCUT2D eigenvalue weighted by atomic mass is 10.1. The van der Waals surface area contributed by atoms with Crippen LogP contribution in [0, 0.1) is 6.92 Å². The molecule has 0 spiro atoms. The number of ether oxygens (including phenoxy) is 2. The predicted octanol–water partition coefficient (Wildman–Crippen LogP) is 3.47. The predicted molar refractivity (Wildman–Crippen MR) is 98.6 cm³/mol. The summed E-state index contributed by atoms with van der Waals surface area (Å²) in [5.41, 5.74) is 3.54. The van der Waals surface area contributed by atoms with Crippen LogP contribution in [0.25, 0.3) is 10.9 Å². The molecule has 5 heteroatoms. The molecule has 0 bridgehead atoms. The molecule has 0 unspecified atom stereocenters. The molecule has 2 aromatic carbocycles. The number of H-pyrrole nitrogens is 1. The van der Waals surface area contributed by atoms with Gasteiger partial charge >= 0.3 is 0 Å². The summed E-state index contributed by atoms with van der Waals surface area (Å²) in [4.78, 5) is 15.9. The first-order chi connectivity index (χ1) is 12.1. The molecule has 0 fully saturated rings. The molecule has 3 rings (SSSR count). The fraction of sp³-hybridized carbons (Fsp3) is 0.250. The zero-order chi connectivity index (χ0) is 17.8. The maximum atomic E-state index is 12.6. The standard InChI is InChI=1S/C20H22N2O3/c1-13-19(16-6-4-5-7-17(16)22-13)20(23)21-11-10-14-12-15(24-2)8-9-18(14)25-3/h4-9,12,22H,10-11H2,1-3H3,(H,21,23). The quantitative estimate of drug-likeness (QED) is 0.723. The van der Waals surface area contributed by atoms with Crippen LogP contribution in [-0.2, 0) is 6.42 Å². The molecular weight excluding hydrogens is 316 g/mol. The molecule has 25 heavy (non-hydrogen) atoms. The number of aromatic nitrogens is 1. The lowest BCUT2D eigenvalue weighted by Gasteiger charge is -2.11. The minimum absolute atomic E-state index is 0.0724. The Morgan fingerprint density at radius 3 is 2.68 bits per heavy atom. The molecule has 1 aromatic heterocycles. The minimum atomic E-state index is -0.0724. The van der Waals surface area contributed by atoms with Gasteiger partial charge in [-0.2, -0.15) is 0 Å². The van der Waals surface area contributed by atoms with Gasteiger partial charge in [0.15, 0.2) is 0 Å². The van der Waals surface area contributed by atoms with Crippen molar-refractivity contribution in [3.05, 3.63) is 59.3 Å². The second kappa shape index (κ2) is 7.30. The van der Waals surface area contributed by atoms with E-state index in [2.05, 4.69) is 10.3 Å². The molecule has 5 nitrogen and oxygen atoms in total. The molecule has 130 valence electrons. The van der Waals surface area contributed by atoms with Crippen molar-refractivity contribution in [1.82, 2.24) is 10.3 Å². The molecule has 0 aliphatic carbocycles. The van der Waals surface area contributed by atoms with Crippen molar-refractivity contribution in [2.75, 3.05) is 20.8 Å². The van der Waals surface area contributed by atoms with Gasteiger partial charge in [-0.05, 0) is 43.2 Å². The summed E-state index contributed by atoms with van der Waals surface area (Å²) in [5, 5.41) is 3.94. The van der Waals surface area contributed by atoms with Crippen molar-refractivity contribution in [1.29, 1.82) is 0 Å². The zero-order valence-electron chi connectivity index (χ0n) is 14.7. The number of carbonyl (C=O) groups is 1. The third-order valence-electron chi connectivity index (χ3n) is 4.29. The van der Waals surface area contributed by atoms with Crippen molar-refractivity contribution >= 4 is 16.8 Å². The molecule has 0 saturated heterocycles.